The van der Waals surface area contributed by atoms with Gasteiger partial charge in [-0.3, -0.25) is 10.4 Å². The van der Waals surface area contributed by atoms with Crippen LogP contribution in [0.5, 0.6) is 5.75 Å². The van der Waals surface area contributed by atoms with E-state index in [0.29, 0.717) is 17.9 Å². The summed E-state index contributed by atoms with van der Waals surface area (Å²) in [4.78, 5) is 4.31. The van der Waals surface area contributed by atoms with Crippen LogP contribution in [0.2, 0.25) is 0 Å². The van der Waals surface area contributed by atoms with E-state index in [1.54, 1.807) is 0 Å². The van der Waals surface area contributed by atoms with Crippen molar-refractivity contribution >= 4 is 5.84 Å². The lowest BCUT2D eigenvalue weighted by atomic mass is 9.93. The number of hydrogen-bond donors (Lipinski definition) is 2. The number of rotatable bonds is 4. The molecular weight excluding hydrogens is 226 g/mol. The molecule has 1 heterocycles. The van der Waals surface area contributed by atoms with E-state index in [-0.39, 0.29) is 11.3 Å². The molecule has 1 aromatic rings. The minimum atomic E-state index is 0.00533. The lowest BCUT2D eigenvalue weighted by Gasteiger charge is -2.19. The van der Waals surface area contributed by atoms with Gasteiger partial charge in [0.2, 0.25) is 0 Å². The van der Waals surface area contributed by atoms with E-state index in [0.717, 1.165) is 17.8 Å². The molecule has 0 saturated heterocycles. The third-order valence-corrected chi connectivity index (χ3v) is 2.67. The van der Waals surface area contributed by atoms with Gasteiger partial charge in [-0.2, -0.15) is 0 Å². The zero-order valence-electron chi connectivity index (χ0n) is 11.9. The van der Waals surface area contributed by atoms with Crippen molar-refractivity contribution in [2.45, 2.75) is 41.0 Å². The maximum atomic E-state index is 7.60. The van der Waals surface area contributed by atoms with Crippen molar-refractivity contribution in [3.8, 4) is 5.75 Å². The monoisotopic (exact) mass is 249 g/mol. The summed E-state index contributed by atoms with van der Waals surface area (Å²) < 4.78 is 5.78. The number of pyridine rings is 1. The number of aromatic nitrogens is 1. The summed E-state index contributed by atoms with van der Waals surface area (Å²) in [5.41, 5.74) is 8.04. The minimum Gasteiger partial charge on any atom is -0.493 e. The molecule has 4 nitrogen and oxygen atoms in total. The smallest absolute Gasteiger partial charge is 0.133 e. The van der Waals surface area contributed by atoms with Gasteiger partial charge < -0.3 is 10.5 Å². The highest BCUT2D eigenvalue weighted by atomic mass is 16.5. The average Bonchev–Trinajstić information content (AvgIpc) is 2.13. The van der Waals surface area contributed by atoms with E-state index in [1.807, 2.05) is 19.9 Å². The number of nitrogens with one attached hydrogen (secondary N) is 1. The van der Waals surface area contributed by atoms with Crippen molar-refractivity contribution in [1.29, 1.82) is 5.41 Å². The molecular formula is C14H23N3O. The molecule has 1 aromatic heterocycles. The molecule has 4 heteroatoms. The van der Waals surface area contributed by atoms with Crippen molar-refractivity contribution in [3.63, 3.8) is 0 Å². The normalized spacial score (nSPS) is 11.4. The molecule has 0 bridgehead atoms. The first-order valence-corrected chi connectivity index (χ1v) is 6.16. The van der Waals surface area contributed by atoms with Crippen molar-refractivity contribution < 1.29 is 4.74 Å². The third-order valence-electron chi connectivity index (χ3n) is 2.67. The molecule has 0 saturated carbocycles. The summed E-state index contributed by atoms with van der Waals surface area (Å²) in [6.07, 6.45) is 0.949. The number of nitrogens with zero attached hydrogens (tertiary/aromatic N) is 1. The maximum Gasteiger partial charge on any atom is 0.133 e. The zero-order chi connectivity index (χ0) is 13.9. The maximum absolute atomic E-state index is 7.60. The fourth-order valence-corrected chi connectivity index (χ4v) is 1.70. The van der Waals surface area contributed by atoms with Crippen LogP contribution >= 0.6 is 0 Å². The molecule has 0 unspecified atom stereocenters. The molecule has 1 rings (SSSR count). The fourth-order valence-electron chi connectivity index (χ4n) is 1.70. The third kappa shape index (κ3) is 4.02. The quantitative estimate of drug-likeness (QED) is 0.636. The van der Waals surface area contributed by atoms with E-state index in [4.69, 9.17) is 15.9 Å². The van der Waals surface area contributed by atoms with E-state index in [2.05, 4.69) is 25.8 Å². The Balaban J connectivity index is 2.90. The van der Waals surface area contributed by atoms with Gasteiger partial charge in [0, 0.05) is 11.8 Å². The summed E-state index contributed by atoms with van der Waals surface area (Å²) in [6, 6.07) is 1.84. The van der Waals surface area contributed by atoms with E-state index < -0.39 is 0 Å². The average molecular weight is 249 g/mol. The Morgan fingerprint density at radius 2 is 2.00 bits per heavy atom. The highest BCUT2D eigenvalue weighted by Crippen LogP contribution is 2.24. The summed E-state index contributed by atoms with van der Waals surface area (Å²) in [5, 5.41) is 7.60. The highest BCUT2D eigenvalue weighted by molar-refractivity contribution is 5.98. The van der Waals surface area contributed by atoms with Gasteiger partial charge in [0.15, 0.2) is 0 Å². The van der Waals surface area contributed by atoms with Crippen molar-refractivity contribution in [1.82, 2.24) is 4.98 Å². The molecule has 0 fully saturated rings. The Labute approximate surface area is 109 Å². The minimum absolute atomic E-state index is 0.00533. The number of ether oxygens (including phenoxy) is 1. The summed E-state index contributed by atoms with van der Waals surface area (Å²) in [5.74, 6) is 0.669. The molecule has 0 aromatic carbocycles. The molecule has 3 N–H and O–H groups in total. The Bertz CT molecular complexity index is 447. The predicted octanol–water partition coefficient (Wildman–Crippen LogP) is 2.80. The summed E-state index contributed by atoms with van der Waals surface area (Å²) in [7, 11) is 0. The van der Waals surface area contributed by atoms with Crippen molar-refractivity contribution in [2.75, 3.05) is 6.61 Å². The van der Waals surface area contributed by atoms with Crippen LogP contribution in [0.4, 0.5) is 0 Å². The molecule has 0 aliphatic heterocycles. The molecule has 18 heavy (non-hydrogen) atoms. The van der Waals surface area contributed by atoms with Crippen LogP contribution in [-0.4, -0.2) is 17.4 Å². The van der Waals surface area contributed by atoms with Gasteiger partial charge in [0.05, 0.1) is 17.9 Å². The summed E-state index contributed by atoms with van der Waals surface area (Å²) >= 11 is 0. The lowest BCUT2D eigenvalue weighted by molar-refractivity contribution is 0.242. The Hall–Kier alpha value is -1.58. The fraction of sp³-hybridized carbons (Fsp3) is 0.571. The van der Waals surface area contributed by atoms with Gasteiger partial charge in [-0.1, -0.05) is 20.8 Å². The molecule has 0 atom stereocenters. The highest BCUT2D eigenvalue weighted by Gasteiger charge is 2.14. The number of nitrogens with two attached hydrogens (primary N) is 1. The van der Waals surface area contributed by atoms with Crippen LogP contribution in [-0.2, 0) is 0 Å². The number of nitrogen functional groups attached to an aromatic ring is 1. The molecule has 0 radical (unpaired) electrons. The van der Waals surface area contributed by atoms with Gasteiger partial charge in [-0.05, 0) is 25.7 Å². The zero-order valence-corrected chi connectivity index (χ0v) is 11.9. The van der Waals surface area contributed by atoms with Crippen LogP contribution in [0, 0.1) is 24.7 Å². The first-order valence-electron chi connectivity index (χ1n) is 6.16. The van der Waals surface area contributed by atoms with Gasteiger partial charge in [0.1, 0.15) is 11.6 Å². The number of hydrogen-bond acceptors (Lipinski definition) is 3. The molecule has 100 valence electrons. The SMILES string of the molecule is Cc1cc(OCCC(C)(C)C)c(C(=N)N)c(C)n1. The number of aryl methyl sites for hydroxylation is 2. The first-order chi connectivity index (χ1) is 8.20. The second kappa shape index (κ2) is 5.38. The van der Waals surface area contributed by atoms with Gasteiger partial charge in [0.25, 0.3) is 0 Å². The first kappa shape index (κ1) is 14.5. The Kier molecular flexibility index (Phi) is 4.33. The van der Waals surface area contributed by atoms with E-state index in [1.165, 1.54) is 0 Å². The summed E-state index contributed by atoms with van der Waals surface area (Å²) in [6.45, 7) is 10.9. The Morgan fingerprint density at radius 3 is 2.50 bits per heavy atom. The topological polar surface area (TPSA) is 72.0 Å². The second-order valence-corrected chi connectivity index (χ2v) is 5.79. The van der Waals surface area contributed by atoms with Crippen LogP contribution in [0.15, 0.2) is 6.07 Å². The van der Waals surface area contributed by atoms with E-state index in [9.17, 15) is 0 Å². The van der Waals surface area contributed by atoms with E-state index >= 15 is 0 Å². The van der Waals surface area contributed by atoms with Crippen LogP contribution in [0.3, 0.4) is 0 Å². The van der Waals surface area contributed by atoms with Gasteiger partial charge >= 0.3 is 0 Å². The molecule has 0 spiro atoms. The van der Waals surface area contributed by atoms with Gasteiger partial charge in [-0.25, -0.2) is 0 Å². The second-order valence-electron chi connectivity index (χ2n) is 5.79. The van der Waals surface area contributed by atoms with Gasteiger partial charge in [-0.15, -0.1) is 0 Å². The van der Waals surface area contributed by atoms with Crippen molar-refractivity contribution in [3.05, 3.63) is 23.0 Å². The lowest BCUT2D eigenvalue weighted by Crippen LogP contribution is -2.18. The largest absolute Gasteiger partial charge is 0.493 e. The standard InChI is InChI=1S/C14H23N3O/c1-9-8-11(18-7-6-14(3,4)5)12(13(15)16)10(2)17-9/h8H,6-7H2,1-5H3,(H3,15,16). The molecule has 0 amide bonds. The molecule has 0 aliphatic carbocycles. The predicted molar refractivity (Wildman–Crippen MR) is 74.3 cm³/mol. The van der Waals surface area contributed by atoms with Crippen LogP contribution in [0.25, 0.3) is 0 Å². The van der Waals surface area contributed by atoms with Crippen LogP contribution < -0.4 is 10.5 Å². The molecule has 0 aliphatic rings. The number of amidine groups is 1. The van der Waals surface area contributed by atoms with Crippen LogP contribution in [0.1, 0.15) is 44.1 Å². The van der Waals surface area contributed by atoms with Crippen molar-refractivity contribution in [2.24, 2.45) is 11.1 Å². The Morgan fingerprint density at radius 1 is 1.39 bits per heavy atom.